The molecular weight excluding hydrogens is 1610 g/mol. The van der Waals surface area contributed by atoms with Crippen LogP contribution in [0.1, 0.15) is 234 Å². The molecule has 2 unspecified atom stereocenters. The normalized spacial score (nSPS) is 11.1. The summed E-state index contributed by atoms with van der Waals surface area (Å²) < 4.78 is 0. The van der Waals surface area contributed by atoms with Crippen LogP contribution in [0.4, 0.5) is 0 Å². The Balaban J connectivity index is -0.000000103. The molecule has 0 heterocycles. The van der Waals surface area contributed by atoms with Gasteiger partial charge in [0, 0.05) is 149 Å². The zero-order valence-corrected chi connectivity index (χ0v) is 87.9. The highest BCUT2D eigenvalue weighted by atomic mass is 15.1. The fourth-order valence-corrected chi connectivity index (χ4v) is 10.4. The Kier molecular flexibility index (Phi) is 189. The first kappa shape index (κ1) is 155. The molecule has 0 spiro atoms. The molecule has 0 amide bonds. The fourth-order valence-electron chi connectivity index (χ4n) is 10.4. The Labute approximate surface area is 796 Å². The third-order valence-corrected chi connectivity index (χ3v) is 18.6. The smallest absolute Gasteiger partial charge is 0.0221 e. The summed E-state index contributed by atoms with van der Waals surface area (Å²) in [7, 11) is 14.8. The van der Waals surface area contributed by atoms with E-state index in [-0.39, 0.29) is 5.54 Å². The largest absolute Gasteiger partial charge is 0.330 e. The van der Waals surface area contributed by atoms with Gasteiger partial charge in [0.15, 0.2) is 0 Å². The lowest BCUT2D eigenvalue weighted by atomic mass is 10.1. The van der Waals surface area contributed by atoms with Gasteiger partial charge in [0.25, 0.3) is 0 Å². The van der Waals surface area contributed by atoms with E-state index >= 15 is 0 Å². The van der Waals surface area contributed by atoms with Crippen LogP contribution >= 0.6 is 0 Å². The molecule has 0 saturated heterocycles. The average Bonchev–Trinajstić information content (AvgIpc) is 1.04. The summed E-state index contributed by atoms with van der Waals surface area (Å²) in [4.78, 5) is 13.6. The zero-order chi connectivity index (χ0) is 99.8. The van der Waals surface area contributed by atoms with Crippen LogP contribution < -0.4 is 169 Å². The highest BCUT2D eigenvalue weighted by Crippen LogP contribution is 2.05. The summed E-state index contributed by atoms with van der Waals surface area (Å²) in [6, 6.07) is 0.324. The first-order valence-electron chi connectivity index (χ1n) is 50.9. The minimum Gasteiger partial charge on any atom is -0.330 e. The molecule has 0 bridgehead atoms. The minimum atomic E-state index is -0.181. The van der Waals surface area contributed by atoms with Crippen molar-refractivity contribution >= 4 is 0 Å². The lowest BCUT2D eigenvalue weighted by Gasteiger charge is -2.18. The van der Waals surface area contributed by atoms with Crippen LogP contribution in [0.15, 0.2) is 0 Å². The molecular formula is C92H246N36. The quantitative estimate of drug-likeness (QED) is 0.0317. The van der Waals surface area contributed by atoms with Gasteiger partial charge in [0.2, 0.25) is 0 Å². The van der Waals surface area contributed by atoms with E-state index in [2.05, 4.69) is 144 Å². The van der Waals surface area contributed by atoms with Crippen molar-refractivity contribution in [3.8, 4) is 0 Å². The van der Waals surface area contributed by atoms with Crippen molar-refractivity contribution in [3.63, 3.8) is 0 Å². The van der Waals surface area contributed by atoms with E-state index < -0.39 is 0 Å². The van der Waals surface area contributed by atoms with Crippen LogP contribution in [0.3, 0.4) is 0 Å². The van der Waals surface area contributed by atoms with Crippen molar-refractivity contribution < 1.29 is 0 Å². The Bertz CT molecular complexity index is 1560. The van der Waals surface area contributed by atoms with Gasteiger partial charge in [-0.1, -0.05) is 91.9 Å². The average molecular weight is 1860 g/mol. The highest BCUT2D eigenvalue weighted by molar-refractivity contribution is 4.71. The van der Waals surface area contributed by atoms with Gasteiger partial charge < -0.3 is 194 Å². The van der Waals surface area contributed by atoms with Crippen LogP contribution in [-0.4, -0.2) is 391 Å². The molecule has 53 N–H and O–H groups in total. The van der Waals surface area contributed by atoms with Gasteiger partial charge in [0.1, 0.15) is 0 Å². The summed E-state index contributed by atoms with van der Waals surface area (Å²) in [5.74, 6) is 0.651. The first-order chi connectivity index (χ1) is 61.6. The summed E-state index contributed by atoms with van der Waals surface area (Å²) in [6.45, 7) is 54.4. The number of nitrogens with two attached hydrogens (primary N) is 23. The molecule has 0 aromatic carbocycles. The van der Waals surface area contributed by atoms with Crippen molar-refractivity contribution in [2.75, 3.05) is 350 Å². The Hall–Kier alpha value is -1.44. The molecule has 36 nitrogen and oxygen atoms in total. The number of unbranched alkanes of at least 4 members (excludes halogenated alkanes) is 16. The molecule has 0 aliphatic rings. The van der Waals surface area contributed by atoms with Gasteiger partial charge in [-0.15, -0.1) is 0 Å². The molecule has 0 saturated carbocycles. The molecule has 2 atom stereocenters. The Morgan fingerprint density at radius 2 is 0.477 bits per heavy atom. The van der Waals surface area contributed by atoms with Gasteiger partial charge in [-0.3, -0.25) is 4.90 Å². The molecule has 0 aliphatic heterocycles. The summed E-state index contributed by atoms with van der Waals surface area (Å²) in [6.07, 6.45) is 36.9. The van der Waals surface area contributed by atoms with E-state index in [1.54, 1.807) is 0 Å². The Morgan fingerprint density at radius 1 is 0.234 bits per heavy atom. The summed E-state index contributed by atoms with van der Waals surface area (Å²) in [5, 5.41) is 23.0. The molecule has 0 fully saturated rings. The van der Waals surface area contributed by atoms with Gasteiger partial charge in [-0.2, -0.15) is 0 Å². The van der Waals surface area contributed by atoms with Gasteiger partial charge >= 0.3 is 0 Å². The number of hydrogen-bond donors (Lipinski definition) is 30. The molecule has 0 aromatic rings. The molecule has 0 rings (SSSR count). The minimum absolute atomic E-state index is 0.181. The monoisotopic (exact) mass is 1860 g/mol. The molecule has 0 aromatic heterocycles. The number of nitrogens with zero attached hydrogens (tertiary/aromatic N) is 6. The van der Waals surface area contributed by atoms with Crippen LogP contribution in [0.2, 0.25) is 0 Å². The van der Waals surface area contributed by atoms with Gasteiger partial charge in [-0.05, 0) is 361 Å². The molecule has 0 radical (unpaired) electrons. The molecule has 36 heteroatoms. The van der Waals surface area contributed by atoms with Crippen molar-refractivity contribution in [2.24, 2.45) is 138 Å². The van der Waals surface area contributed by atoms with Crippen LogP contribution in [0.25, 0.3) is 0 Å². The maximum absolute atomic E-state index is 5.50. The van der Waals surface area contributed by atoms with E-state index in [1.165, 1.54) is 187 Å². The highest BCUT2D eigenvalue weighted by Gasteiger charge is 2.05. The van der Waals surface area contributed by atoms with Crippen LogP contribution in [0.5, 0.6) is 0 Å². The zero-order valence-electron chi connectivity index (χ0n) is 87.9. The second-order valence-electron chi connectivity index (χ2n) is 33.6. The van der Waals surface area contributed by atoms with E-state index in [0.29, 0.717) is 64.3 Å². The SMILES string of the molecule is CC(C)(N)CN.CC(CN)CCCN.CCC(N)CCN.CCN(CC)CCCCCCCN.CN(C)CCCCCCCN.CN(C)CCCNCCCN(C)C.CN(CCCN)CCCN.NCCCCCNCCCCCNCCN.NCCCCCNCCN.NCCN.NCCN(CCN)CCN.NCCNCCCCCNCCN.NCCNCCN. The standard InChI is InChI=1S/C12H30N4.C11H26N2.C10H25N3.C9H24N4.C9H22N2.2C7H19N3.C6H18N4.C6H16N2.C5H14N2.C4H13N3.C4H12N2.C2H8N2/c13-7-3-1-4-9-15-10-5-2-6-11-16-12-8-14;1-3-13(4-2)11-9-7-5-6-8-10-12;1-12(2)9-5-7-11-8-6-10-13(3)4;10-4-8-12-6-2-1-3-7-13-9-5-11;1-11(2)9-7-5-3-4-6-8-10;1-10(6-2-4-8)7-3-5-9;8-4-2-1-3-6-10-7-5-9;7-1-4-10(5-2-8)6-3-9;1-6(5-8)3-2-4-7;1-2-5(7)3-4-6;5-1-3-7-4-2-6;1-4(2,6)3-5;3-1-2-4/h15-16H,1-14H2;3-12H2,1-2H3;11H,5-10H2,1-4H3;12-13H,1-11H2;3-10H2,1-2H3;2-9H2,1H3;10H,1-9H2;1-9H2;6H,2-5,7-8H2,1H3;5H,2-4,6-7H2,1H3;7H,1-6H2;3,5-6H2,1-2H3;1-4H2. The third-order valence-electron chi connectivity index (χ3n) is 18.6. The lowest BCUT2D eigenvalue weighted by Crippen LogP contribution is -2.40. The second-order valence-corrected chi connectivity index (χ2v) is 33.6. The maximum atomic E-state index is 5.50. The number of nitrogens with one attached hydrogen (secondary N) is 7. The summed E-state index contributed by atoms with van der Waals surface area (Å²) in [5.41, 5.74) is 122. The van der Waals surface area contributed by atoms with Gasteiger partial charge in [0.05, 0.1) is 0 Å². The van der Waals surface area contributed by atoms with Crippen molar-refractivity contribution in [1.29, 1.82) is 0 Å². The van der Waals surface area contributed by atoms with Crippen molar-refractivity contribution in [3.05, 3.63) is 0 Å². The predicted octanol–water partition coefficient (Wildman–Crippen LogP) is -1.23. The van der Waals surface area contributed by atoms with E-state index in [4.69, 9.17) is 132 Å². The van der Waals surface area contributed by atoms with E-state index in [0.717, 1.165) is 254 Å². The Morgan fingerprint density at radius 3 is 0.703 bits per heavy atom. The fraction of sp³-hybridized carbons (Fsp3) is 1.00. The third kappa shape index (κ3) is 213. The number of hydrogen-bond acceptors (Lipinski definition) is 36. The van der Waals surface area contributed by atoms with Crippen molar-refractivity contribution in [2.45, 2.75) is 246 Å². The molecule has 0 aliphatic carbocycles. The maximum Gasteiger partial charge on any atom is 0.0221 e. The molecule has 794 valence electrons. The van der Waals surface area contributed by atoms with Crippen LogP contribution in [0, 0.1) is 5.92 Å². The number of rotatable bonds is 79. The lowest BCUT2D eigenvalue weighted by molar-refractivity contribution is 0.295. The van der Waals surface area contributed by atoms with Gasteiger partial charge in [-0.25, -0.2) is 0 Å². The van der Waals surface area contributed by atoms with E-state index in [9.17, 15) is 0 Å². The predicted molar refractivity (Wildman–Crippen MR) is 577 cm³/mol. The van der Waals surface area contributed by atoms with E-state index in [1.807, 2.05) is 13.8 Å². The second kappa shape index (κ2) is 157. The summed E-state index contributed by atoms with van der Waals surface area (Å²) >= 11 is 0. The topological polar surface area (TPSA) is 702 Å². The van der Waals surface area contributed by atoms with Crippen LogP contribution in [-0.2, 0) is 0 Å². The van der Waals surface area contributed by atoms with Crippen molar-refractivity contribution in [1.82, 2.24) is 66.6 Å². The first-order valence-corrected chi connectivity index (χ1v) is 50.9. The molecule has 128 heavy (non-hydrogen) atoms.